The Morgan fingerprint density at radius 1 is 0.667 bits per heavy atom. The van der Waals surface area contributed by atoms with Crippen molar-refractivity contribution in [3.05, 3.63) is 36.5 Å². The predicted molar refractivity (Wildman–Crippen MR) is 124 cm³/mol. The van der Waals surface area contributed by atoms with Crippen LogP contribution < -0.4 is 5.73 Å². The quantitative estimate of drug-likeness (QED) is 0.153. The molecule has 0 unspecified atom stereocenters. The minimum atomic E-state index is -0.245. The average molecular weight is 422 g/mol. The van der Waals surface area contributed by atoms with Gasteiger partial charge < -0.3 is 15.2 Å². The zero-order valence-corrected chi connectivity index (χ0v) is 19.0. The molecule has 0 saturated heterocycles. The molecule has 0 aromatic heterocycles. The first-order chi connectivity index (χ1) is 14.7. The smallest absolute Gasteiger partial charge is 0.305 e. The fourth-order valence-electron chi connectivity index (χ4n) is 2.64. The summed E-state index contributed by atoms with van der Waals surface area (Å²) in [6, 6.07) is 0. The van der Waals surface area contributed by atoms with Gasteiger partial charge >= 0.3 is 11.9 Å². The summed E-state index contributed by atoms with van der Waals surface area (Å²) in [5.41, 5.74) is 5.33. The van der Waals surface area contributed by atoms with Crippen molar-refractivity contribution in [1.29, 1.82) is 0 Å². The van der Waals surface area contributed by atoms with Gasteiger partial charge in [-0.15, -0.1) is 0 Å². The Kier molecular flexibility index (Phi) is 21.9. The topological polar surface area (TPSA) is 78.6 Å². The van der Waals surface area contributed by atoms with Gasteiger partial charge in [-0.05, 0) is 57.9 Å². The van der Waals surface area contributed by atoms with E-state index in [-0.39, 0.29) is 18.5 Å². The first kappa shape index (κ1) is 28.1. The van der Waals surface area contributed by atoms with Crippen LogP contribution in [0.5, 0.6) is 0 Å². The number of allylic oxidation sites excluding steroid dienone is 6. The molecule has 2 N–H and O–H groups in total. The van der Waals surface area contributed by atoms with Gasteiger partial charge in [-0.2, -0.15) is 0 Å². The van der Waals surface area contributed by atoms with E-state index in [1.54, 1.807) is 0 Å². The van der Waals surface area contributed by atoms with Crippen molar-refractivity contribution in [3.8, 4) is 0 Å². The van der Waals surface area contributed by atoms with Gasteiger partial charge in [-0.3, -0.25) is 9.59 Å². The second kappa shape index (κ2) is 23.4. The SMILES string of the molecule is CCCCCC=CCC=CCC=CCCCCC(=O)OCCCOC(=O)CCCN. The molecule has 0 aliphatic rings. The van der Waals surface area contributed by atoms with Crippen LogP contribution in [0.2, 0.25) is 0 Å². The van der Waals surface area contributed by atoms with E-state index in [0.717, 1.165) is 32.1 Å². The van der Waals surface area contributed by atoms with Crippen LogP contribution in [-0.4, -0.2) is 31.7 Å². The highest BCUT2D eigenvalue weighted by Crippen LogP contribution is 2.04. The van der Waals surface area contributed by atoms with Crippen molar-refractivity contribution >= 4 is 11.9 Å². The van der Waals surface area contributed by atoms with E-state index >= 15 is 0 Å². The van der Waals surface area contributed by atoms with Gasteiger partial charge in [0.2, 0.25) is 0 Å². The van der Waals surface area contributed by atoms with Gasteiger partial charge in [0.05, 0.1) is 13.2 Å². The maximum absolute atomic E-state index is 11.6. The molecule has 0 fully saturated rings. The number of carbonyl (C=O) groups excluding carboxylic acids is 2. The van der Waals surface area contributed by atoms with Crippen LogP contribution in [0.1, 0.15) is 90.4 Å². The molecule has 0 amide bonds. The number of hydrogen-bond acceptors (Lipinski definition) is 5. The molecule has 0 radical (unpaired) electrons. The monoisotopic (exact) mass is 421 g/mol. The second-order valence-corrected chi connectivity index (χ2v) is 7.31. The van der Waals surface area contributed by atoms with Crippen molar-refractivity contribution in [2.75, 3.05) is 19.8 Å². The van der Waals surface area contributed by atoms with Crippen LogP contribution in [0, 0.1) is 0 Å². The van der Waals surface area contributed by atoms with Gasteiger partial charge in [-0.25, -0.2) is 0 Å². The number of nitrogens with two attached hydrogens (primary N) is 1. The third-order valence-electron chi connectivity index (χ3n) is 4.42. The minimum Gasteiger partial charge on any atom is -0.466 e. The molecule has 0 aromatic rings. The standard InChI is InChI=1S/C25H43NO4/c1-2-3-4-5-6-7-8-9-10-11-12-13-14-15-16-19-24(27)29-22-18-23-30-25(28)20-17-21-26/h6-7,9-10,12-13H,2-5,8,11,14-23,26H2,1H3. The van der Waals surface area contributed by atoms with Crippen molar-refractivity contribution in [1.82, 2.24) is 0 Å². The Hall–Kier alpha value is -1.88. The van der Waals surface area contributed by atoms with Gasteiger partial charge in [-0.1, -0.05) is 56.2 Å². The van der Waals surface area contributed by atoms with E-state index in [1.165, 1.54) is 25.7 Å². The van der Waals surface area contributed by atoms with Crippen LogP contribution in [0.4, 0.5) is 0 Å². The summed E-state index contributed by atoms with van der Waals surface area (Å²) < 4.78 is 10.2. The number of rotatable bonds is 20. The first-order valence-corrected chi connectivity index (χ1v) is 11.7. The fraction of sp³-hybridized carbons (Fsp3) is 0.680. The summed E-state index contributed by atoms with van der Waals surface area (Å²) in [6.07, 6.45) is 25.1. The van der Waals surface area contributed by atoms with Crippen molar-refractivity contribution in [2.24, 2.45) is 5.73 Å². The molecule has 0 spiro atoms. The molecule has 172 valence electrons. The van der Waals surface area contributed by atoms with Gasteiger partial charge in [0.25, 0.3) is 0 Å². The molecular weight excluding hydrogens is 378 g/mol. The van der Waals surface area contributed by atoms with E-state index in [0.29, 0.717) is 38.8 Å². The molecule has 0 atom stereocenters. The summed E-state index contributed by atoms with van der Waals surface area (Å²) in [6.45, 7) is 3.29. The summed E-state index contributed by atoms with van der Waals surface area (Å²) in [7, 11) is 0. The molecule has 0 saturated carbocycles. The normalized spacial score (nSPS) is 11.7. The highest BCUT2D eigenvalue weighted by atomic mass is 16.5. The van der Waals surface area contributed by atoms with E-state index < -0.39 is 0 Å². The van der Waals surface area contributed by atoms with E-state index in [9.17, 15) is 9.59 Å². The van der Waals surface area contributed by atoms with Crippen molar-refractivity contribution < 1.29 is 19.1 Å². The van der Waals surface area contributed by atoms with Crippen LogP contribution in [0.15, 0.2) is 36.5 Å². The van der Waals surface area contributed by atoms with Crippen molar-refractivity contribution in [2.45, 2.75) is 90.4 Å². The Balaban J connectivity index is 3.43. The first-order valence-electron chi connectivity index (χ1n) is 11.7. The lowest BCUT2D eigenvalue weighted by Gasteiger charge is -2.06. The number of esters is 2. The van der Waals surface area contributed by atoms with Crippen LogP contribution in [0.25, 0.3) is 0 Å². The lowest BCUT2D eigenvalue weighted by molar-refractivity contribution is -0.146. The summed E-state index contributed by atoms with van der Waals surface area (Å²) in [5.74, 6) is -0.427. The van der Waals surface area contributed by atoms with E-state index in [2.05, 4.69) is 43.4 Å². The minimum absolute atomic E-state index is 0.181. The Labute approximate surface area is 183 Å². The Morgan fingerprint density at radius 3 is 1.70 bits per heavy atom. The molecule has 30 heavy (non-hydrogen) atoms. The summed E-state index contributed by atoms with van der Waals surface area (Å²) in [4.78, 5) is 22.9. The van der Waals surface area contributed by atoms with Crippen LogP contribution in [-0.2, 0) is 19.1 Å². The zero-order chi connectivity index (χ0) is 22.1. The largest absolute Gasteiger partial charge is 0.466 e. The highest BCUT2D eigenvalue weighted by molar-refractivity contribution is 5.69. The van der Waals surface area contributed by atoms with Crippen LogP contribution >= 0.6 is 0 Å². The van der Waals surface area contributed by atoms with Gasteiger partial charge in [0.15, 0.2) is 0 Å². The van der Waals surface area contributed by atoms with Gasteiger partial charge in [0.1, 0.15) is 0 Å². The number of unbranched alkanes of at least 4 members (excludes halogenated alkanes) is 5. The zero-order valence-electron chi connectivity index (χ0n) is 19.0. The lowest BCUT2D eigenvalue weighted by Crippen LogP contribution is -2.11. The Bertz CT molecular complexity index is 497. The van der Waals surface area contributed by atoms with Gasteiger partial charge in [0, 0.05) is 19.3 Å². The fourth-order valence-corrected chi connectivity index (χ4v) is 2.64. The summed E-state index contributed by atoms with van der Waals surface area (Å²) >= 11 is 0. The lowest BCUT2D eigenvalue weighted by atomic mass is 10.1. The Morgan fingerprint density at radius 2 is 1.17 bits per heavy atom. The van der Waals surface area contributed by atoms with Crippen LogP contribution in [0.3, 0.4) is 0 Å². The molecule has 0 heterocycles. The molecule has 0 aromatic carbocycles. The number of carbonyl (C=O) groups is 2. The highest BCUT2D eigenvalue weighted by Gasteiger charge is 2.04. The molecule has 0 aliphatic heterocycles. The predicted octanol–water partition coefficient (Wildman–Crippen LogP) is 5.79. The summed E-state index contributed by atoms with van der Waals surface area (Å²) in [5, 5.41) is 0. The maximum atomic E-state index is 11.6. The third-order valence-corrected chi connectivity index (χ3v) is 4.42. The molecule has 5 heteroatoms. The van der Waals surface area contributed by atoms with Crippen molar-refractivity contribution in [3.63, 3.8) is 0 Å². The van der Waals surface area contributed by atoms with E-state index in [4.69, 9.17) is 15.2 Å². The molecule has 5 nitrogen and oxygen atoms in total. The third kappa shape index (κ3) is 22.4. The number of hydrogen-bond donors (Lipinski definition) is 1. The molecule has 0 bridgehead atoms. The maximum Gasteiger partial charge on any atom is 0.305 e. The van der Waals surface area contributed by atoms with E-state index in [1.807, 2.05) is 0 Å². The average Bonchev–Trinajstić information content (AvgIpc) is 2.74. The second-order valence-electron chi connectivity index (χ2n) is 7.31. The molecule has 0 rings (SSSR count). The number of ether oxygens (including phenoxy) is 2. The molecular formula is C25H43NO4. The molecule has 0 aliphatic carbocycles.